The lowest BCUT2D eigenvalue weighted by Gasteiger charge is -2.46. The lowest BCUT2D eigenvalue weighted by atomic mass is 9.63. The van der Waals surface area contributed by atoms with Crippen molar-refractivity contribution >= 4 is 32.4 Å². The molecule has 4 heterocycles. The Bertz CT molecular complexity index is 1460. The van der Waals surface area contributed by atoms with E-state index in [0.29, 0.717) is 11.3 Å². The van der Waals surface area contributed by atoms with Gasteiger partial charge in [0.25, 0.3) is 0 Å². The average molecular weight is 483 g/mol. The first-order valence-electron chi connectivity index (χ1n) is 12.8. The van der Waals surface area contributed by atoms with Crippen LogP contribution in [0.1, 0.15) is 66.0 Å². The number of allylic oxidation sites excluding steroid dienone is 2. The molecule has 178 valence electrons. The minimum atomic E-state index is 0.299. The van der Waals surface area contributed by atoms with E-state index in [1.165, 1.54) is 63.8 Å². The third kappa shape index (κ3) is 3.53. The van der Waals surface area contributed by atoms with Gasteiger partial charge in [-0.2, -0.15) is 4.98 Å². The van der Waals surface area contributed by atoms with Crippen LogP contribution in [0.4, 0.5) is 5.13 Å². The van der Waals surface area contributed by atoms with Crippen LogP contribution < -0.4 is 4.90 Å². The number of hydrogen-bond acceptors (Lipinski definition) is 6. The van der Waals surface area contributed by atoms with Gasteiger partial charge in [0, 0.05) is 36.3 Å². The van der Waals surface area contributed by atoms with Crippen molar-refractivity contribution < 1.29 is 4.52 Å². The summed E-state index contributed by atoms with van der Waals surface area (Å²) in [4.78, 5) is 11.8. The fourth-order valence-electron chi connectivity index (χ4n) is 5.98. The van der Waals surface area contributed by atoms with Crippen LogP contribution in [-0.4, -0.2) is 28.2 Å². The van der Waals surface area contributed by atoms with Crippen molar-refractivity contribution in [2.75, 3.05) is 18.0 Å². The van der Waals surface area contributed by atoms with E-state index >= 15 is 0 Å². The number of thiazole rings is 1. The van der Waals surface area contributed by atoms with Crippen molar-refractivity contribution in [2.24, 2.45) is 5.41 Å². The van der Waals surface area contributed by atoms with Gasteiger partial charge in [0.05, 0.1) is 4.70 Å². The zero-order valence-electron chi connectivity index (χ0n) is 20.6. The number of fused-ring (bicyclic) bond motifs is 1. The van der Waals surface area contributed by atoms with E-state index in [-0.39, 0.29) is 0 Å². The van der Waals surface area contributed by atoms with Gasteiger partial charge in [-0.05, 0) is 86.6 Å². The van der Waals surface area contributed by atoms with E-state index in [1.54, 1.807) is 11.3 Å². The monoisotopic (exact) mass is 482 g/mol. The highest BCUT2D eigenvalue weighted by molar-refractivity contribution is 7.22. The number of aromatic nitrogens is 3. The molecule has 1 saturated heterocycles. The molecule has 0 amide bonds. The first-order chi connectivity index (χ1) is 17.0. The van der Waals surface area contributed by atoms with Crippen LogP contribution in [0, 0.1) is 26.2 Å². The Morgan fingerprint density at radius 3 is 2.51 bits per heavy atom. The summed E-state index contributed by atoms with van der Waals surface area (Å²) >= 11 is 1.77. The van der Waals surface area contributed by atoms with Gasteiger partial charge in [-0.25, -0.2) is 4.98 Å². The molecule has 3 aliphatic rings. The Hall–Kier alpha value is -2.99. The number of rotatable bonds is 4. The van der Waals surface area contributed by atoms with Crippen LogP contribution in [0.3, 0.4) is 0 Å². The molecule has 2 aliphatic carbocycles. The van der Waals surface area contributed by atoms with E-state index in [1.807, 2.05) is 6.20 Å². The fourth-order valence-corrected chi connectivity index (χ4v) is 7.06. The second kappa shape index (κ2) is 7.76. The van der Waals surface area contributed by atoms with Gasteiger partial charge in [0.2, 0.25) is 0 Å². The predicted molar refractivity (Wildman–Crippen MR) is 142 cm³/mol. The van der Waals surface area contributed by atoms with E-state index < -0.39 is 0 Å². The molecule has 1 saturated carbocycles. The molecular formula is C29H30N4OS. The van der Waals surface area contributed by atoms with Crippen molar-refractivity contribution in [1.29, 1.82) is 0 Å². The van der Waals surface area contributed by atoms with Crippen LogP contribution in [0.15, 0.2) is 41.1 Å². The maximum Gasteiger partial charge on any atom is 0.188 e. The quantitative estimate of drug-likeness (QED) is 0.307. The summed E-state index contributed by atoms with van der Waals surface area (Å²) in [5, 5.41) is 5.76. The van der Waals surface area contributed by atoms with Crippen molar-refractivity contribution in [1.82, 2.24) is 15.1 Å². The maximum atomic E-state index is 6.02. The zero-order chi connectivity index (χ0) is 23.7. The summed E-state index contributed by atoms with van der Waals surface area (Å²) in [6.45, 7) is 8.55. The van der Waals surface area contributed by atoms with Crippen LogP contribution in [0.5, 0.6) is 0 Å². The molecule has 1 spiro atoms. The minimum absolute atomic E-state index is 0.299. The van der Waals surface area contributed by atoms with Crippen LogP contribution in [-0.2, 0) is 0 Å². The smallest absolute Gasteiger partial charge is 0.188 e. The largest absolute Gasteiger partial charge is 0.360 e. The van der Waals surface area contributed by atoms with Gasteiger partial charge >= 0.3 is 0 Å². The van der Waals surface area contributed by atoms with Crippen molar-refractivity contribution in [3.63, 3.8) is 0 Å². The molecule has 0 unspecified atom stereocenters. The lowest BCUT2D eigenvalue weighted by molar-refractivity contribution is 0.277. The number of piperidine rings is 1. The van der Waals surface area contributed by atoms with Gasteiger partial charge in [-0.1, -0.05) is 40.8 Å². The summed E-state index contributed by atoms with van der Waals surface area (Å²) < 4.78 is 7.20. The second-order valence-corrected chi connectivity index (χ2v) is 11.8. The van der Waals surface area contributed by atoms with Gasteiger partial charge in [0.1, 0.15) is 11.5 Å². The fraction of sp³-hybridized carbons (Fsp3) is 0.414. The first-order valence-corrected chi connectivity index (χ1v) is 13.6. The minimum Gasteiger partial charge on any atom is -0.360 e. The van der Waals surface area contributed by atoms with E-state index in [0.717, 1.165) is 41.7 Å². The Balaban J connectivity index is 1.16. The molecular weight excluding hydrogens is 452 g/mol. The molecule has 4 aromatic rings. The van der Waals surface area contributed by atoms with Gasteiger partial charge in [-0.15, -0.1) is 0 Å². The number of hydrogen-bond donors (Lipinski definition) is 0. The Kier molecular flexibility index (Phi) is 4.72. The highest BCUT2D eigenvalue weighted by Crippen LogP contribution is 2.56. The van der Waals surface area contributed by atoms with Gasteiger partial charge in [-0.3, -0.25) is 0 Å². The van der Waals surface area contributed by atoms with Gasteiger partial charge < -0.3 is 9.42 Å². The number of aryl methyl sites for hydroxylation is 3. The standard InChI is InChI=1S/C29H30N4OS/c1-17-13-22-27(30-16-17)31-28(35-22)33-11-9-29(10-12-33)14-21(15-29)24-25(32-34-26(24)20-7-8-20)23-18(2)5-4-6-19(23)3/h4-6,13-14,16,20H,7-12,15H2,1-3H3. The van der Waals surface area contributed by atoms with Crippen LogP contribution in [0.25, 0.3) is 27.2 Å². The third-order valence-electron chi connectivity index (χ3n) is 8.13. The maximum absolute atomic E-state index is 6.02. The number of pyridine rings is 1. The Morgan fingerprint density at radius 2 is 1.80 bits per heavy atom. The summed E-state index contributed by atoms with van der Waals surface area (Å²) in [5.74, 6) is 1.67. The van der Waals surface area contributed by atoms with Crippen molar-refractivity contribution in [3.8, 4) is 11.3 Å². The molecule has 7 rings (SSSR count). The van der Waals surface area contributed by atoms with E-state index in [4.69, 9.17) is 9.51 Å². The molecule has 2 fully saturated rings. The highest BCUT2D eigenvalue weighted by Gasteiger charge is 2.44. The SMILES string of the molecule is Cc1cnc2nc(N3CCC4(C=C(c5c(-c6c(C)cccc6C)noc5C5CC5)C4)CC3)sc2c1. The average Bonchev–Trinajstić information content (AvgIpc) is 3.44. The molecule has 35 heavy (non-hydrogen) atoms. The predicted octanol–water partition coefficient (Wildman–Crippen LogP) is 7.22. The molecule has 0 atom stereocenters. The Labute approximate surface area is 209 Å². The topological polar surface area (TPSA) is 55.1 Å². The summed E-state index contributed by atoms with van der Waals surface area (Å²) in [6, 6.07) is 8.69. The Morgan fingerprint density at radius 1 is 1.06 bits per heavy atom. The van der Waals surface area contributed by atoms with Gasteiger partial charge in [0.15, 0.2) is 10.8 Å². The van der Waals surface area contributed by atoms with E-state index in [2.05, 4.69) is 66.2 Å². The molecule has 6 heteroatoms. The third-order valence-corrected chi connectivity index (χ3v) is 9.18. The lowest BCUT2D eigenvalue weighted by Crippen LogP contribution is -2.42. The second-order valence-electron chi connectivity index (χ2n) is 10.8. The number of benzene rings is 1. The molecule has 5 nitrogen and oxygen atoms in total. The summed E-state index contributed by atoms with van der Waals surface area (Å²) in [5.41, 5.74) is 9.94. The zero-order valence-corrected chi connectivity index (χ0v) is 21.4. The van der Waals surface area contributed by atoms with Crippen LogP contribution >= 0.6 is 11.3 Å². The number of nitrogens with zero attached hydrogens (tertiary/aromatic N) is 4. The summed E-state index contributed by atoms with van der Waals surface area (Å²) in [6.07, 6.45) is 10.4. The van der Waals surface area contributed by atoms with Crippen LogP contribution in [0.2, 0.25) is 0 Å². The molecule has 3 aromatic heterocycles. The molecule has 0 N–H and O–H groups in total. The summed E-state index contributed by atoms with van der Waals surface area (Å²) in [7, 11) is 0. The van der Waals surface area contributed by atoms with Crippen molar-refractivity contribution in [3.05, 3.63) is 64.6 Å². The van der Waals surface area contributed by atoms with Crippen molar-refractivity contribution in [2.45, 2.75) is 58.8 Å². The first kappa shape index (κ1) is 21.3. The molecule has 0 bridgehead atoms. The highest BCUT2D eigenvalue weighted by atomic mass is 32.1. The molecule has 1 aliphatic heterocycles. The van der Waals surface area contributed by atoms with E-state index in [9.17, 15) is 0 Å². The normalized spacial score (nSPS) is 19.3. The number of anilines is 1. The molecule has 1 aromatic carbocycles. The molecule has 0 radical (unpaired) electrons.